The molecular formula is C40H41F2N7O4. The Hall–Kier alpha value is -5.35. The molecule has 0 saturated carbocycles. The van der Waals surface area contributed by atoms with Crippen LogP contribution in [0.1, 0.15) is 56.9 Å². The lowest BCUT2D eigenvalue weighted by atomic mass is 9.95. The molecule has 274 valence electrons. The highest BCUT2D eigenvalue weighted by molar-refractivity contribution is 6.03. The van der Waals surface area contributed by atoms with Gasteiger partial charge in [0, 0.05) is 55.3 Å². The third kappa shape index (κ3) is 6.18. The Labute approximate surface area is 306 Å². The molecule has 0 spiro atoms. The van der Waals surface area contributed by atoms with Crippen LogP contribution in [-0.2, 0) is 9.59 Å². The van der Waals surface area contributed by atoms with Crippen LogP contribution >= 0.6 is 0 Å². The van der Waals surface area contributed by atoms with Gasteiger partial charge in [-0.15, -0.1) is 6.42 Å². The lowest BCUT2D eigenvalue weighted by molar-refractivity contribution is -0.134. The first-order chi connectivity index (χ1) is 25.7. The number of hydrogen-bond acceptors (Lipinski definition) is 9. The summed E-state index contributed by atoms with van der Waals surface area (Å²) in [5.74, 6) is 1.03. The van der Waals surface area contributed by atoms with Gasteiger partial charge in [0.2, 0.25) is 11.8 Å². The zero-order chi connectivity index (χ0) is 36.9. The number of benzene rings is 2. The van der Waals surface area contributed by atoms with Crippen molar-refractivity contribution >= 4 is 39.3 Å². The second-order valence-corrected chi connectivity index (χ2v) is 14.6. The van der Waals surface area contributed by atoms with Crippen LogP contribution in [0.15, 0.2) is 43.1 Å². The average Bonchev–Trinajstić information content (AvgIpc) is 3.82. The van der Waals surface area contributed by atoms with E-state index >= 15 is 4.39 Å². The maximum atomic E-state index is 17.0. The van der Waals surface area contributed by atoms with Crippen molar-refractivity contribution in [3.63, 3.8) is 0 Å². The van der Waals surface area contributed by atoms with Crippen molar-refractivity contribution in [3.05, 3.63) is 60.3 Å². The monoisotopic (exact) mass is 721 g/mol. The van der Waals surface area contributed by atoms with E-state index in [9.17, 15) is 19.1 Å². The van der Waals surface area contributed by atoms with E-state index < -0.39 is 11.6 Å². The SMILES string of the molecule is C#Cc1c(F)ccc2cc(O)cc(-c3ncc4c(N5CC6CCC(C5)N6C(=O)CCCNC(=O)C=C)nc(OCC56CCCN5CCC6)nc4c3F)c12. The van der Waals surface area contributed by atoms with Crippen molar-refractivity contribution in [2.24, 2.45) is 0 Å². The molecule has 2 unspecified atom stereocenters. The summed E-state index contributed by atoms with van der Waals surface area (Å²) in [6.07, 6.45) is 15.1. The maximum absolute atomic E-state index is 17.0. The highest BCUT2D eigenvalue weighted by atomic mass is 19.1. The number of aromatic nitrogens is 3. The Morgan fingerprint density at radius 2 is 1.89 bits per heavy atom. The van der Waals surface area contributed by atoms with Gasteiger partial charge in [0.15, 0.2) is 5.82 Å². The normalized spacial score (nSPS) is 20.5. The van der Waals surface area contributed by atoms with E-state index in [-0.39, 0.29) is 68.9 Å². The van der Waals surface area contributed by atoms with Gasteiger partial charge in [-0.1, -0.05) is 18.6 Å². The summed E-state index contributed by atoms with van der Waals surface area (Å²) >= 11 is 0. The number of halogens is 2. The number of pyridine rings is 1. The van der Waals surface area contributed by atoms with Gasteiger partial charge in [-0.05, 0) is 87.7 Å². The minimum Gasteiger partial charge on any atom is -0.508 e. The molecule has 13 heteroatoms. The van der Waals surface area contributed by atoms with Gasteiger partial charge in [-0.2, -0.15) is 9.97 Å². The molecule has 2 atom stereocenters. The summed E-state index contributed by atoms with van der Waals surface area (Å²) in [4.78, 5) is 45.5. The standard InChI is InChI=1S/C40H41F2N7O4/c1-3-28-31(41)12-9-24-18-27(50)19-29(34(24)28)36-35(42)37-30(20-44-36)38(46-39(45-37)53-23-40-13-6-16-48(40)17-7-14-40)47-21-25-10-11-26(22-47)49(25)33(52)8-5-15-43-32(51)4-2/h1,4,9,12,18-20,25-26,50H,2,5-8,10-11,13-17,21-23H2,(H,43,51). The number of amides is 2. The molecule has 0 aliphatic carbocycles. The van der Waals surface area contributed by atoms with Crippen molar-refractivity contribution in [3.8, 4) is 35.4 Å². The Kier molecular flexibility index (Phi) is 9.10. The molecule has 4 aliphatic rings. The van der Waals surface area contributed by atoms with E-state index in [1.807, 2.05) is 4.90 Å². The number of rotatable bonds is 10. The summed E-state index contributed by atoms with van der Waals surface area (Å²) < 4.78 is 38.4. The number of hydrogen-bond donors (Lipinski definition) is 2. The Balaban J connectivity index is 1.16. The summed E-state index contributed by atoms with van der Waals surface area (Å²) in [5.41, 5.74) is -0.199. The van der Waals surface area contributed by atoms with Gasteiger partial charge in [-0.25, -0.2) is 8.78 Å². The van der Waals surface area contributed by atoms with Crippen molar-refractivity contribution in [2.45, 2.75) is 69.0 Å². The number of ether oxygens (including phenoxy) is 1. The number of carbonyl (C=O) groups is 2. The first-order valence-corrected chi connectivity index (χ1v) is 18.3. The zero-order valence-corrected chi connectivity index (χ0v) is 29.4. The van der Waals surface area contributed by atoms with E-state index in [0.717, 1.165) is 51.6 Å². The van der Waals surface area contributed by atoms with Gasteiger partial charge in [0.05, 0.1) is 16.5 Å². The van der Waals surface area contributed by atoms with E-state index in [1.165, 1.54) is 36.5 Å². The van der Waals surface area contributed by atoms with Crippen molar-refractivity contribution in [1.29, 1.82) is 0 Å². The van der Waals surface area contributed by atoms with Crippen molar-refractivity contribution < 1.29 is 28.2 Å². The average molecular weight is 722 g/mol. The van der Waals surface area contributed by atoms with Gasteiger partial charge in [0.1, 0.15) is 35.2 Å². The molecule has 4 saturated heterocycles. The predicted molar refractivity (Wildman–Crippen MR) is 196 cm³/mol. The minimum absolute atomic E-state index is 0.0234. The van der Waals surface area contributed by atoms with E-state index in [4.69, 9.17) is 16.1 Å². The second-order valence-electron chi connectivity index (χ2n) is 14.6. The molecule has 11 nitrogen and oxygen atoms in total. The molecule has 2 bridgehead atoms. The van der Waals surface area contributed by atoms with Crippen LogP contribution in [0.5, 0.6) is 11.8 Å². The van der Waals surface area contributed by atoms with Gasteiger partial charge in [0.25, 0.3) is 0 Å². The van der Waals surface area contributed by atoms with E-state index in [0.29, 0.717) is 55.7 Å². The van der Waals surface area contributed by atoms with Crippen LogP contribution < -0.4 is 15.0 Å². The maximum Gasteiger partial charge on any atom is 0.319 e. The fourth-order valence-corrected chi connectivity index (χ4v) is 9.06. The zero-order valence-electron chi connectivity index (χ0n) is 29.4. The third-order valence-corrected chi connectivity index (χ3v) is 11.5. The van der Waals surface area contributed by atoms with E-state index in [2.05, 4.69) is 37.6 Å². The quantitative estimate of drug-likeness (QED) is 0.131. The molecule has 4 aromatic rings. The number of fused-ring (bicyclic) bond motifs is 5. The first kappa shape index (κ1) is 34.7. The Morgan fingerprint density at radius 1 is 1.13 bits per heavy atom. The summed E-state index contributed by atoms with van der Waals surface area (Å²) in [6.45, 7) is 7.21. The molecule has 2 amide bonds. The number of aromatic hydroxyl groups is 1. The van der Waals surface area contributed by atoms with E-state index in [1.54, 1.807) is 0 Å². The number of anilines is 1. The van der Waals surface area contributed by atoms with Gasteiger partial charge < -0.3 is 25.0 Å². The molecular weight excluding hydrogens is 680 g/mol. The second kappa shape index (κ2) is 13.9. The molecule has 2 aromatic heterocycles. The summed E-state index contributed by atoms with van der Waals surface area (Å²) in [6, 6.07) is 5.36. The molecule has 53 heavy (non-hydrogen) atoms. The number of piperazine rings is 1. The molecule has 2 aromatic carbocycles. The van der Waals surface area contributed by atoms with Gasteiger partial charge >= 0.3 is 6.01 Å². The predicted octanol–water partition coefficient (Wildman–Crippen LogP) is 5.08. The number of nitrogens with one attached hydrogen (secondary N) is 1. The summed E-state index contributed by atoms with van der Waals surface area (Å²) in [7, 11) is 0. The number of phenolic OH excluding ortho intramolecular Hbond substituents is 1. The number of carbonyl (C=O) groups excluding carboxylic acids is 2. The van der Waals surface area contributed by atoms with Crippen LogP contribution in [0.3, 0.4) is 0 Å². The van der Waals surface area contributed by atoms with Crippen LogP contribution in [-0.4, -0.2) is 98.6 Å². The highest BCUT2D eigenvalue weighted by Crippen LogP contribution is 2.42. The smallest absolute Gasteiger partial charge is 0.319 e. The van der Waals surface area contributed by atoms with Crippen LogP contribution in [0.4, 0.5) is 14.6 Å². The lowest BCUT2D eigenvalue weighted by Crippen LogP contribution is -2.56. The molecule has 2 N–H and O–H groups in total. The topological polar surface area (TPSA) is 124 Å². The number of nitrogens with zero attached hydrogens (tertiary/aromatic N) is 6. The van der Waals surface area contributed by atoms with Crippen LogP contribution in [0.25, 0.3) is 32.9 Å². The minimum atomic E-state index is -0.781. The van der Waals surface area contributed by atoms with Crippen LogP contribution in [0, 0.1) is 24.0 Å². The molecule has 8 rings (SSSR count). The molecule has 4 fully saturated rings. The highest BCUT2D eigenvalue weighted by Gasteiger charge is 2.46. The molecule has 6 heterocycles. The number of terminal acetylenes is 1. The Morgan fingerprint density at radius 3 is 2.60 bits per heavy atom. The fourth-order valence-electron chi connectivity index (χ4n) is 9.06. The third-order valence-electron chi connectivity index (χ3n) is 11.5. The molecule has 0 radical (unpaired) electrons. The largest absolute Gasteiger partial charge is 0.508 e. The first-order valence-electron chi connectivity index (χ1n) is 18.3. The number of phenols is 1. The molecule has 4 aliphatic heterocycles. The van der Waals surface area contributed by atoms with Gasteiger partial charge in [-0.3, -0.25) is 19.5 Å². The summed E-state index contributed by atoms with van der Waals surface area (Å²) in [5, 5.41) is 14.4. The lowest BCUT2D eigenvalue weighted by Gasteiger charge is -2.42. The Bertz CT molecular complexity index is 2160. The van der Waals surface area contributed by atoms with Crippen molar-refractivity contribution in [1.82, 2.24) is 30.1 Å². The fraction of sp³-hybridized carbons (Fsp3) is 0.425. The van der Waals surface area contributed by atoms with Crippen LogP contribution in [0.2, 0.25) is 0 Å². The van der Waals surface area contributed by atoms with Crippen molar-refractivity contribution in [2.75, 3.05) is 44.2 Å².